The second-order valence-electron chi connectivity index (χ2n) is 13.5. The number of anilines is 2. The van der Waals surface area contributed by atoms with Crippen LogP contribution >= 0.6 is 36.4 Å². The molecule has 29 heteroatoms. The van der Waals surface area contributed by atoms with Crippen molar-refractivity contribution in [1.29, 1.82) is 0 Å². The van der Waals surface area contributed by atoms with Gasteiger partial charge in [0.2, 0.25) is 0 Å². The van der Waals surface area contributed by atoms with Crippen LogP contribution in [0.25, 0.3) is 21.5 Å². The molecule has 358 valence electrons. The summed E-state index contributed by atoms with van der Waals surface area (Å²) in [5.41, 5.74) is 1.55. The lowest BCUT2D eigenvalue weighted by Gasteiger charge is -2.10. The molecule has 7 N–H and O–H groups in total. The van der Waals surface area contributed by atoms with Crippen LogP contribution in [0.1, 0.15) is 0 Å². The third-order valence-electron chi connectivity index (χ3n) is 9.24. The zero-order valence-electron chi connectivity index (χ0n) is 34.4. The lowest BCUT2D eigenvalue weighted by atomic mass is 10.1. The van der Waals surface area contributed by atoms with E-state index in [-0.39, 0.29) is 56.8 Å². The van der Waals surface area contributed by atoms with Crippen molar-refractivity contribution < 1.29 is 79.7 Å². The molecule has 0 aromatic heterocycles. The Balaban J connectivity index is 1.21. The van der Waals surface area contributed by atoms with E-state index < -0.39 is 53.5 Å². The molecule has 0 unspecified atom stereocenters. The van der Waals surface area contributed by atoms with E-state index in [2.05, 4.69) is 64.1 Å². The highest BCUT2D eigenvalue weighted by molar-refractivity contribution is 7.95. The fraction of sp³-hybridized carbons (Fsp3) is 0.0500. The summed E-state index contributed by atoms with van der Waals surface area (Å²) in [5.74, 6) is -1.21. The Morgan fingerprint density at radius 3 is 2.00 bits per heavy atom. The van der Waals surface area contributed by atoms with Crippen molar-refractivity contribution in [3.05, 3.63) is 121 Å². The largest absolute Gasteiger partial charge is 0.506 e. The van der Waals surface area contributed by atoms with E-state index in [1.165, 1.54) is 42.5 Å². The van der Waals surface area contributed by atoms with Crippen LogP contribution in [0, 0.1) is 0 Å². The molecule has 0 spiro atoms. The van der Waals surface area contributed by atoms with E-state index in [4.69, 9.17) is 20.0 Å². The summed E-state index contributed by atoms with van der Waals surface area (Å²) in [7, 11) is -9.26. The molecule has 7 rings (SSSR count). The summed E-state index contributed by atoms with van der Waals surface area (Å²) < 4.78 is 78.7. The van der Waals surface area contributed by atoms with E-state index in [0.29, 0.717) is 56.9 Å². The molecule has 0 saturated heterocycles. The lowest BCUT2D eigenvalue weighted by Crippen LogP contribution is -2.12. The normalized spacial score (nSPS) is 12.3. The van der Waals surface area contributed by atoms with Crippen molar-refractivity contribution in [2.75, 3.05) is 17.7 Å². The summed E-state index contributed by atoms with van der Waals surface area (Å²) in [6.45, 7) is -0.467. The van der Waals surface area contributed by atoms with Crippen LogP contribution in [0.2, 0.25) is 0 Å². The Hall–Kier alpha value is -6.23. The van der Waals surface area contributed by atoms with E-state index in [9.17, 15) is 31.6 Å². The van der Waals surface area contributed by atoms with E-state index in [1.807, 2.05) is 30.3 Å². The summed E-state index contributed by atoms with van der Waals surface area (Å²) in [6.07, 6.45) is 0. The molecule has 0 atom stereocenters. The molecule has 7 aromatic rings. The maximum atomic E-state index is 12.9. The molecule has 0 amide bonds. The van der Waals surface area contributed by atoms with Gasteiger partial charge in [0.1, 0.15) is 27.7 Å². The zero-order chi connectivity index (χ0) is 49.0. The minimum atomic E-state index is -5.07. The van der Waals surface area contributed by atoms with Crippen molar-refractivity contribution in [3.63, 3.8) is 0 Å². The Morgan fingerprint density at radius 2 is 1.26 bits per heavy atom. The third-order valence-corrected chi connectivity index (χ3v) is 13.4. The number of rotatable bonds is 22. The number of benzene rings is 7. The number of para-hydroxylation sites is 1. The van der Waals surface area contributed by atoms with Crippen molar-refractivity contribution in [1.82, 2.24) is 0 Å². The van der Waals surface area contributed by atoms with Gasteiger partial charge < -0.3 is 15.5 Å². The molecule has 0 aliphatic carbocycles. The van der Waals surface area contributed by atoms with Gasteiger partial charge in [0.15, 0.2) is 27.9 Å². The Kier molecular flexibility index (Phi) is 17.2. The molecule has 0 aliphatic heterocycles. The number of nitrogens with one attached hydrogen (secondary N) is 1. The smallest absolute Gasteiger partial charge is 0.296 e. The van der Waals surface area contributed by atoms with Gasteiger partial charge in [0.05, 0.1) is 63.3 Å². The van der Waals surface area contributed by atoms with E-state index in [1.54, 1.807) is 30.3 Å². The third kappa shape index (κ3) is 13.1. The summed E-state index contributed by atoms with van der Waals surface area (Å²) in [4.78, 5) is -0.897. The summed E-state index contributed by atoms with van der Waals surface area (Å²) >= 11 is 1.25. The molecular formula is C40H31N7O17S5. The predicted molar refractivity (Wildman–Crippen MR) is 248 cm³/mol. The molecule has 0 fully saturated rings. The fourth-order valence-corrected chi connectivity index (χ4v) is 9.23. The summed E-state index contributed by atoms with van der Waals surface area (Å²) in [6, 6.07) is 30.7. The molecule has 7 aromatic carbocycles. The molecule has 24 nitrogen and oxygen atoms in total. The van der Waals surface area contributed by atoms with Gasteiger partial charge in [0.25, 0.3) is 10.1 Å². The average molecular weight is 1040 g/mol. The zero-order valence-corrected chi connectivity index (χ0v) is 38.4. The molecule has 0 heterocycles. The van der Waals surface area contributed by atoms with E-state index >= 15 is 0 Å². The van der Waals surface area contributed by atoms with Gasteiger partial charge in [-0.25, -0.2) is 24.2 Å². The van der Waals surface area contributed by atoms with Gasteiger partial charge in [-0.2, -0.15) is 13.5 Å². The Morgan fingerprint density at radius 1 is 0.580 bits per heavy atom. The molecule has 0 saturated carbocycles. The second kappa shape index (κ2) is 23.4. The van der Waals surface area contributed by atoms with Gasteiger partial charge in [-0.05, 0) is 90.3 Å². The van der Waals surface area contributed by atoms with Crippen LogP contribution in [-0.4, -0.2) is 59.7 Å². The van der Waals surface area contributed by atoms with Crippen LogP contribution in [0.5, 0.6) is 11.5 Å². The minimum absolute atomic E-state index is 0.106. The van der Waals surface area contributed by atoms with E-state index in [0.717, 1.165) is 17.8 Å². The van der Waals surface area contributed by atoms with Gasteiger partial charge in [-0.1, -0.05) is 45.4 Å². The number of fused-ring (bicyclic) bond motifs is 2. The minimum Gasteiger partial charge on any atom is -0.506 e. The van der Waals surface area contributed by atoms with Gasteiger partial charge >= 0.3 is 0 Å². The fourth-order valence-electron chi connectivity index (χ4n) is 6.18. The first-order valence-corrected chi connectivity index (χ1v) is 24.2. The second-order valence-corrected chi connectivity index (χ2v) is 19.0. The van der Waals surface area contributed by atoms with Crippen molar-refractivity contribution in [3.8, 4) is 11.5 Å². The number of phenolic OH excluding ortho intramolecular Hbond substituents is 2. The number of sulfone groups is 1. The first-order chi connectivity index (χ1) is 33.3. The SMILES string of the molecule is O=S(=O)(O)c1cc(S(=O)(=O)CCOSOOO)ccc1N=Nc1ccc(N=Nc2c(SOOO)cc3ccc(N=Nc4ccc(Nc5ccccc5)cc4O)cc3c2O)c2cc(SOOO)ccc12. The number of azo groups is 3. The van der Waals surface area contributed by atoms with Gasteiger partial charge in [-0.15, -0.1) is 38.6 Å². The molecule has 69 heavy (non-hydrogen) atoms. The number of nitrogens with zero attached hydrogens (tertiary/aromatic N) is 6. The first kappa shape index (κ1) is 50.6. The quantitative estimate of drug-likeness (QED) is 0.00828. The van der Waals surface area contributed by atoms with Gasteiger partial charge in [-0.3, -0.25) is 8.74 Å². The van der Waals surface area contributed by atoms with Crippen LogP contribution in [-0.2, 0) is 52.3 Å². The van der Waals surface area contributed by atoms with Crippen LogP contribution in [0.15, 0.2) is 172 Å². The van der Waals surface area contributed by atoms with Crippen LogP contribution < -0.4 is 5.32 Å². The predicted octanol–water partition coefficient (Wildman–Crippen LogP) is 12.3. The Labute approximate surface area is 401 Å². The van der Waals surface area contributed by atoms with Crippen molar-refractivity contribution in [2.24, 2.45) is 30.7 Å². The highest BCUT2D eigenvalue weighted by Crippen LogP contribution is 2.46. The summed E-state index contributed by atoms with van der Waals surface area (Å²) in [5, 5.41) is 89.0. The van der Waals surface area contributed by atoms with Crippen molar-refractivity contribution >= 4 is 123 Å². The maximum absolute atomic E-state index is 12.9. The van der Waals surface area contributed by atoms with Crippen LogP contribution in [0.4, 0.5) is 45.5 Å². The number of hydrogen-bond acceptors (Lipinski definition) is 26. The van der Waals surface area contributed by atoms with Crippen molar-refractivity contribution in [2.45, 2.75) is 19.6 Å². The molecular weight excluding hydrogens is 1010 g/mol. The highest BCUT2D eigenvalue weighted by atomic mass is 32.2. The Bertz CT molecular complexity index is 3300. The lowest BCUT2D eigenvalue weighted by molar-refractivity contribution is -0.434. The van der Waals surface area contributed by atoms with Gasteiger partial charge in [0, 0.05) is 38.5 Å². The average Bonchev–Trinajstić information content (AvgIpc) is 3.34. The monoisotopic (exact) mass is 1040 g/mol. The number of aromatic hydroxyl groups is 2. The molecule has 0 radical (unpaired) electrons. The highest BCUT2D eigenvalue weighted by Gasteiger charge is 2.23. The first-order valence-electron chi connectivity index (χ1n) is 18.9. The molecule has 0 bridgehead atoms. The molecule has 0 aliphatic rings. The topological polar surface area (TPSA) is 340 Å². The van der Waals surface area contributed by atoms with Crippen LogP contribution in [0.3, 0.4) is 0 Å². The number of hydrogen-bond donors (Lipinski definition) is 7. The maximum Gasteiger partial charge on any atom is 0.296 e. The number of phenols is 2. The standard InChI is InChI=1S/C40H31N7O17S5/c48-36-20-25(41-24-4-2-1-3-5-24)8-12-34(36)45-42-26-7-6-23-18-37(66-63-60-51)39(40(49)30(23)19-26)47-44-33-15-14-32(29-11-9-27(21-31(29)33)65-62-59-50)43-46-35-13-10-28(22-38(35)69(55,56)57)68(53,54)17-16-58-67-64-61-52/h1-15,18-22,41,48-52H,16-17H2,(H,55,56,57).